The van der Waals surface area contributed by atoms with Crippen LogP contribution in [0.25, 0.3) is 0 Å². The molecule has 0 aliphatic rings. The zero-order valence-electron chi connectivity index (χ0n) is 11.4. The first-order chi connectivity index (χ1) is 8.62. The van der Waals surface area contributed by atoms with E-state index < -0.39 is 0 Å². The lowest BCUT2D eigenvalue weighted by Crippen LogP contribution is -2.38. The Kier molecular flexibility index (Phi) is 5.58. The summed E-state index contributed by atoms with van der Waals surface area (Å²) in [4.78, 5) is 18.1. The third-order valence-corrected chi connectivity index (χ3v) is 2.70. The Balaban J connectivity index is 2.93. The quantitative estimate of drug-likeness (QED) is 0.784. The number of likely N-dealkylation sites (N-methyl/N-ethyl adjacent to an activating group) is 2. The third-order valence-electron chi connectivity index (χ3n) is 2.70. The van der Waals surface area contributed by atoms with Gasteiger partial charge in [0.25, 0.3) is 0 Å². The molecular weight excluding hydrogens is 228 g/mol. The largest absolute Gasteiger partial charge is 0.355 e. The first kappa shape index (κ1) is 14.4. The second-order valence-electron chi connectivity index (χ2n) is 4.11. The molecule has 1 rings (SSSR count). The number of hydrogen-bond acceptors (Lipinski definition) is 4. The van der Waals surface area contributed by atoms with Crippen molar-refractivity contribution < 1.29 is 4.79 Å². The van der Waals surface area contributed by atoms with Crippen molar-refractivity contribution in [2.45, 2.75) is 27.3 Å². The fraction of sp³-hybridized carbons (Fsp3) is 0.538. The summed E-state index contributed by atoms with van der Waals surface area (Å²) in [6.45, 7) is 7.95. The number of carbonyl (C=O) groups excluding carboxylic acids is 1. The van der Waals surface area contributed by atoms with Gasteiger partial charge < -0.3 is 16.0 Å². The number of anilines is 1. The van der Waals surface area contributed by atoms with Gasteiger partial charge in [-0.1, -0.05) is 6.07 Å². The predicted molar refractivity (Wildman–Crippen MR) is 73.4 cm³/mol. The highest BCUT2D eigenvalue weighted by Gasteiger charge is 2.14. The van der Waals surface area contributed by atoms with E-state index in [9.17, 15) is 4.79 Å². The van der Waals surface area contributed by atoms with Crippen molar-refractivity contribution in [3.05, 3.63) is 23.4 Å². The molecule has 1 heterocycles. The summed E-state index contributed by atoms with van der Waals surface area (Å²) in [7, 11) is 0. The Morgan fingerprint density at radius 3 is 2.72 bits per heavy atom. The molecule has 3 N–H and O–H groups in total. The first-order valence-corrected chi connectivity index (χ1v) is 6.30. The van der Waals surface area contributed by atoms with Crippen LogP contribution >= 0.6 is 0 Å². The molecule has 0 unspecified atom stereocenters. The van der Waals surface area contributed by atoms with Gasteiger partial charge in [0.15, 0.2) is 0 Å². The summed E-state index contributed by atoms with van der Waals surface area (Å²) in [6.07, 6.45) is 0. The minimum absolute atomic E-state index is 0.00521. The molecule has 0 aliphatic carbocycles. The van der Waals surface area contributed by atoms with E-state index in [0.717, 1.165) is 23.6 Å². The highest BCUT2D eigenvalue weighted by Crippen LogP contribution is 2.17. The van der Waals surface area contributed by atoms with E-state index in [1.54, 1.807) is 0 Å². The number of pyridine rings is 1. The van der Waals surface area contributed by atoms with Crippen LogP contribution < -0.4 is 16.0 Å². The molecule has 5 heteroatoms. The van der Waals surface area contributed by atoms with E-state index in [0.29, 0.717) is 19.6 Å². The fourth-order valence-electron chi connectivity index (χ4n) is 1.77. The van der Waals surface area contributed by atoms with Crippen LogP contribution in [0.2, 0.25) is 0 Å². The van der Waals surface area contributed by atoms with Crippen molar-refractivity contribution in [2.75, 3.05) is 24.5 Å². The van der Waals surface area contributed by atoms with E-state index in [1.165, 1.54) is 0 Å². The average Bonchev–Trinajstić information content (AvgIpc) is 2.36. The molecule has 0 fully saturated rings. The van der Waals surface area contributed by atoms with Gasteiger partial charge in [-0.05, 0) is 26.8 Å². The summed E-state index contributed by atoms with van der Waals surface area (Å²) in [5.74, 6) is 0.817. The molecular formula is C13H22N4O. The second-order valence-corrected chi connectivity index (χ2v) is 4.11. The van der Waals surface area contributed by atoms with Crippen LogP contribution in [-0.4, -0.2) is 30.5 Å². The van der Waals surface area contributed by atoms with Gasteiger partial charge in [-0.2, -0.15) is 0 Å². The lowest BCUT2D eigenvalue weighted by Gasteiger charge is -2.24. The van der Waals surface area contributed by atoms with Gasteiger partial charge in [-0.25, -0.2) is 4.98 Å². The lowest BCUT2D eigenvalue weighted by atomic mass is 10.2. The molecule has 0 bridgehead atoms. The second kappa shape index (κ2) is 6.96. The number of amides is 1. The van der Waals surface area contributed by atoms with Gasteiger partial charge >= 0.3 is 0 Å². The summed E-state index contributed by atoms with van der Waals surface area (Å²) in [5.41, 5.74) is 7.61. The number of hydrogen-bond donors (Lipinski definition) is 2. The van der Waals surface area contributed by atoms with E-state index in [-0.39, 0.29) is 5.91 Å². The van der Waals surface area contributed by atoms with Gasteiger partial charge in [-0.3, -0.25) is 4.79 Å². The molecule has 0 saturated heterocycles. The molecule has 1 aromatic rings. The Labute approximate surface area is 108 Å². The fourth-order valence-corrected chi connectivity index (χ4v) is 1.77. The van der Waals surface area contributed by atoms with Crippen molar-refractivity contribution >= 4 is 11.7 Å². The Morgan fingerprint density at radius 1 is 1.44 bits per heavy atom. The molecule has 0 spiro atoms. The monoisotopic (exact) mass is 250 g/mol. The van der Waals surface area contributed by atoms with Crippen LogP contribution in [0, 0.1) is 6.92 Å². The molecule has 0 radical (unpaired) electrons. The summed E-state index contributed by atoms with van der Waals surface area (Å²) in [5, 5.41) is 2.79. The van der Waals surface area contributed by atoms with Crippen molar-refractivity contribution in [3.63, 3.8) is 0 Å². The predicted octanol–water partition coefficient (Wildman–Crippen LogP) is 0.811. The van der Waals surface area contributed by atoms with Crippen molar-refractivity contribution in [1.29, 1.82) is 0 Å². The zero-order valence-corrected chi connectivity index (χ0v) is 11.4. The zero-order chi connectivity index (χ0) is 13.5. The molecule has 0 atom stereocenters. The number of nitrogens with zero attached hydrogens (tertiary/aromatic N) is 2. The number of aryl methyl sites for hydroxylation is 1. The Hall–Kier alpha value is -1.62. The molecule has 5 nitrogen and oxygen atoms in total. The van der Waals surface area contributed by atoms with Crippen LogP contribution in [0.4, 0.5) is 5.82 Å². The van der Waals surface area contributed by atoms with Crippen molar-refractivity contribution in [1.82, 2.24) is 10.3 Å². The standard InChI is InChI=1S/C13H22N4O/c1-4-15-12(18)9-17(5-2)13-11(8-14)7-6-10(3)16-13/h6-7H,4-5,8-9,14H2,1-3H3,(H,15,18). The van der Waals surface area contributed by atoms with Crippen LogP contribution in [-0.2, 0) is 11.3 Å². The van der Waals surface area contributed by atoms with Gasteiger partial charge in [0.1, 0.15) is 5.82 Å². The van der Waals surface area contributed by atoms with Crippen LogP contribution in [0.3, 0.4) is 0 Å². The van der Waals surface area contributed by atoms with E-state index in [1.807, 2.05) is 37.8 Å². The van der Waals surface area contributed by atoms with Crippen LogP contribution in [0.5, 0.6) is 0 Å². The highest BCUT2D eigenvalue weighted by atomic mass is 16.2. The maximum absolute atomic E-state index is 11.7. The highest BCUT2D eigenvalue weighted by molar-refractivity contribution is 5.81. The van der Waals surface area contributed by atoms with Gasteiger partial charge in [0.2, 0.25) is 5.91 Å². The normalized spacial score (nSPS) is 10.2. The molecule has 18 heavy (non-hydrogen) atoms. The lowest BCUT2D eigenvalue weighted by molar-refractivity contribution is -0.119. The average molecular weight is 250 g/mol. The van der Waals surface area contributed by atoms with Gasteiger partial charge in [0.05, 0.1) is 6.54 Å². The van der Waals surface area contributed by atoms with Crippen LogP contribution in [0.15, 0.2) is 12.1 Å². The van der Waals surface area contributed by atoms with E-state index in [4.69, 9.17) is 5.73 Å². The minimum Gasteiger partial charge on any atom is -0.355 e. The molecule has 0 aromatic carbocycles. The SMILES string of the molecule is CCNC(=O)CN(CC)c1nc(C)ccc1CN. The number of aromatic nitrogens is 1. The third kappa shape index (κ3) is 3.70. The molecule has 1 aromatic heterocycles. The van der Waals surface area contributed by atoms with Gasteiger partial charge in [0, 0.05) is 30.9 Å². The smallest absolute Gasteiger partial charge is 0.239 e. The number of rotatable bonds is 6. The molecule has 1 amide bonds. The van der Waals surface area contributed by atoms with Crippen LogP contribution in [0.1, 0.15) is 25.1 Å². The minimum atomic E-state index is 0.00521. The van der Waals surface area contributed by atoms with Crippen molar-refractivity contribution in [2.24, 2.45) is 5.73 Å². The Bertz CT molecular complexity index is 406. The van der Waals surface area contributed by atoms with Crippen molar-refractivity contribution in [3.8, 4) is 0 Å². The maximum atomic E-state index is 11.7. The number of nitrogens with two attached hydrogens (primary N) is 1. The number of nitrogens with one attached hydrogen (secondary N) is 1. The Morgan fingerprint density at radius 2 is 2.17 bits per heavy atom. The van der Waals surface area contributed by atoms with Gasteiger partial charge in [-0.15, -0.1) is 0 Å². The topological polar surface area (TPSA) is 71.2 Å². The molecule has 0 saturated carbocycles. The summed E-state index contributed by atoms with van der Waals surface area (Å²) < 4.78 is 0. The van der Waals surface area contributed by atoms with E-state index in [2.05, 4.69) is 10.3 Å². The molecule has 0 aliphatic heterocycles. The summed E-state index contributed by atoms with van der Waals surface area (Å²) >= 11 is 0. The molecule has 100 valence electrons. The first-order valence-electron chi connectivity index (χ1n) is 6.30. The number of carbonyl (C=O) groups is 1. The van der Waals surface area contributed by atoms with E-state index >= 15 is 0 Å². The summed E-state index contributed by atoms with van der Waals surface area (Å²) in [6, 6.07) is 3.91. The maximum Gasteiger partial charge on any atom is 0.239 e.